The van der Waals surface area contributed by atoms with E-state index in [9.17, 15) is 11.0 Å². The van der Waals surface area contributed by atoms with Crippen LogP contribution in [0, 0.1) is 0 Å². The summed E-state index contributed by atoms with van der Waals surface area (Å²) >= 11 is 0. The number of rotatable bonds is 5. The molecule has 0 atom stereocenters. The van der Waals surface area contributed by atoms with Gasteiger partial charge in [0.05, 0.1) is 23.3 Å². The molecule has 0 fully saturated rings. The first-order valence-electron chi connectivity index (χ1n) is 23.2. The number of furan rings is 1. The fraction of sp³-hybridized carbons (Fsp3) is 0. The zero-order valence-electron chi connectivity index (χ0n) is 41.4. The van der Waals surface area contributed by atoms with Crippen molar-refractivity contribution in [2.45, 2.75) is 0 Å². The number of para-hydroxylation sites is 1. The van der Waals surface area contributed by atoms with Gasteiger partial charge in [0.2, 0.25) is 0 Å². The predicted octanol–water partition coefficient (Wildman–Crippen LogP) is 13.1. The van der Waals surface area contributed by atoms with Crippen molar-refractivity contribution < 1.29 is 27.7 Å². The third-order valence-electron chi connectivity index (χ3n) is 8.09. The Balaban J connectivity index is 1.57. The molecule has 0 bridgehead atoms. The van der Waals surface area contributed by atoms with Gasteiger partial charge in [-0.3, -0.25) is 0 Å². The van der Waals surface area contributed by atoms with E-state index in [4.69, 9.17) is 16.8 Å². The Bertz CT molecular complexity index is 3370. The van der Waals surface area contributed by atoms with E-state index in [1.807, 2.05) is 0 Å². The Labute approximate surface area is 297 Å². The molecule has 0 amide bonds. The van der Waals surface area contributed by atoms with Gasteiger partial charge in [-0.15, -0.1) is 0 Å². The lowest BCUT2D eigenvalue weighted by molar-refractivity contribution is 0.633. The summed E-state index contributed by atoms with van der Waals surface area (Å²) < 4.78 is 160. The molecule has 0 N–H and O–H groups in total. The smallest absolute Gasteiger partial charge is 0.143 e. The molecule has 220 valence electrons. The molecule has 9 rings (SSSR count). The first-order chi connectivity index (χ1) is 30.4. The Morgan fingerprint density at radius 3 is 1.47 bits per heavy atom. The second-order valence-electron chi connectivity index (χ2n) is 10.7. The molecular formula is C46H30O. The van der Waals surface area contributed by atoms with Crippen LogP contribution in [0.1, 0.15) is 23.3 Å². The lowest BCUT2D eigenvalue weighted by Crippen LogP contribution is -1.91. The molecule has 0 aliphatic rings. The van der Waals surface area contributed by atoms with Crippen molar-refractivity contribution in [3.63, 3.8) is 0 Å². The van der Waals surface area contributed by atoms with Crippen molar-refractivity contribution >= 4 is 32.5 Å². The molecular weight excluding hydrogens is 569 g/mol. The van der Waals surface area contributed by atoms with Crippen LogP contribution >= 0.6 is 0 Å². The molecule has 0 radical (unpaired) electrons. The van der Waals surface area contributed by atoms with Crippen molar-refractivity contribution in [1.82, 2.24) is 0 Å². The molecule has 0 aliphatic carbocycles. The Kier molecular flexibility index (Phi) is 3.60. The van der Waals surface area contributed by atoms with Crippen LogP contribution in [0.3, 0.4) is 0 Å². The Hall–Kier alpha value is -6.18. The maximum absolute atomic E-state index is 9.52. The molecule has 0 aliphatic heterocycles. The summed E-state index contributed by atoms with van der Waals surface area (Å²) in [5, 5.41) is -0.330. The van der Waals surface area contributed by atoms with Crippen molar-refractivity contribution in [3.05, 3.63) is 182 Å². The van der Waals surface area contributed by atoms with Gasteiger partial charge in [-0.05, 0) is 49.4 Å². The van der Waals surface area contributed by atoms with Gasteiger partial charge >= 0.3 is 0 Å². The number of hydrogen-bond acceptors (Lipinski definition) is 1. The van der Waals surface area contributed by atoms with E-state index in [1.165, 1.54) is 0 Å². The first-order valence-corrected chi connectivity index (χ1v) is 14.7. The van der Waals surface area contributed by atoms with Crippen LogP contribution in [0.2, 0.25) is 0 Å². The second-order valence-corrected chi connectivity index (χ2v) is 10.7. The van der Waals surface area contributed by atoms with Gasteiger partial charge in [-0.2, -0.15) is 0 Å². The molecule has 1 aromatic heterocycles. The van der Waals surface area contributed by atoms with Crippen LogP contribution in [-0.2, 0) is 0 Å². The van der Waals surface area contributed by atoms with Crippen LogP contribution in [0.4, 0.5) is 0 Å². The van der Waals surface area contributed by atoms with Gasteiger partial charge in [0.1, 0.15) is 11.3 Å². The van der Waals surface area contributed by atoms with Crippen LogP contribution in [0.5, 0.6) is 0 Å². The van der Waals surface area contributed by atoms with E-state index >= 15 is 0 Å². The molecule has 0 unspecified atom stereocenters. The highest BCUT2D eigenvalue weighted by molar-refractivity contribution is 6.25. The number of benzene rings is 8. The monoisotopic (exact) mass is 615 g/mol. The highest BCUT2D eigenvalue weighted by Gasteiger charge is 2.25. The zero-order valence-corrected chi connectivity index (χ0v) is 24.4. The maximum atomic E-state index is 9.52. The molecule has 0 spiro atoms. The molecule has 9 aromatic rings. The average molecular weight is 616 g/mol. The number of hydrogen-bond donors (Lipinski definition) is 0. The van der Waals surface area contributed by atoms with Crippen molar-refractivity contribution in [2.24, 2.45) is 0 Å². The quantitative estimate of drug-likeness (QED) is 0.176. The highest BCUT2D eigenvalue weighted by Crippen LogP contribution is 2.50. The molecule has 1 heterocycles. The lowest BCUT2D eigenvalue weighted by atomic mass is 9.84. The molecule has 47 heavy (non-hydrogen) atoms. The fourth-order valence-electron chi connectivity index (χ4n) is 6.08. The van der Waals surface area contributed by atoms with Gasteiger partial charge in [0.25, 0.3) is 0 Å². The van der Waals surface area contributed by atoms with E-state index in [-0.39, 0.29) is 55.0 Å². The normalized spacial score (nSPS) is 16.5. The van der Waals surface area contributed by atoms with Crippen molar-refractivity contribution in [1.29, 1.82) is 0 Å². The minimum Gasteiger partial charge on any atom is -0.455 e. The zero-order chi connectivity index (χ0) is 46.0. The second kappa shape index (κ2) is 11.3. The minimum absolute atomic E-state index is 0.0752. The predicted molar refractivity (Wildman–Crippen MR) is 198 cm³/mol. The summed E-state index contributed by atoms with van der Waals surface area (Å²) in [5.74, 6) is -0.363. The van der Waals surface area contributed by atoms with Crippen LogP contribution in [0.25, 0.3) is 88.3 Å². The van der Waals surface area contributed by atoms with Crippen molar-refractivity contribution in [2.75, 3.05) is 0 Å². The van der Waals surface area contributed by atoms with Gasteiger partial charge in [0, 0.05) is 27.6 Å². The Morgan fingerprint density at radius 2 is 0.851 bits per heavy atom. The largest absolute Gasteiger partial charge is 0.455 e. The summed E-state index contributed by atoms with van der Waals surface area (Å²) in [6.07, 6.45) is 0. The van der Waals surface area contributed by atoms with E-state index in [2.05, 4.69) is 0 Å². The summed E-state index contributed by atoms with van der Waals surface area (Å²) in [6, 6.07) is 10.8. The van der Waals surface area contributed by atoms with Gasteiger partial charge < -0.3 is 4.42 Å². The van der Waals surface area contributed by atoms with Crippen LogP contribution < -0.4 is 0 Å². The average Bonchev–Trinajstić information content (AvgIpc) is 3.68. The highest BCUT2D eigenvalue weighted by atomic mass is 16.3. The third-order valence-corrected chi connectivity index (χ3v) is 8.09. The summed E-state index contributed by atoms with van der Waals surface area (Å²) in [7, 11) is 0. The first kappa shape index (κ1) is 14.9. The fourth-order valence-corrected chi connectivity index (χ4v) is 6.08. The molecule has 1 nitrogen and oxygen atoms in total. The van der Waals surface area contributed by atoms with Gasteiger partial charge in [-0.1, -0.05) is 182 Å². The third kappa shape index (κ3) is 4.56. The molecule has 1 heteroatoms. The summed E-state index contributed by atoms with van der Waals surface area (Å²) in [4.78, 5) is 0. The minimum atomic E-state index is -0.790. The van der Waals surface area contributed by atoms with Gasteiger partial charge in [0.15, 0.2) is 0 Å². The van der Waals surface area contributed by atoms with Crippen molar-refractivity contribution in [3.8, 4) is 55.8 Å². The Morgan fingerprint density at radius 1 is 0.340 bits per heavy atom. The number of fused-ring (bicyclic) bond motifs is 3. The standard InChI is InChI=1S/C46H30O/c1-4-15-31(16-5-1)32-27-29-35(30-28-32)45-44(41-26-14-25-36(46(41)47-45)33-17-6-2-7-18-33)43-39-23-12-10-21-37(39)42(34-19-8-3-9-20-34)38-22-11-13-24-40(38)43/h1-30H/i1D,4D,5D,10D,11D,12D,13D,15D,16D,21D,22D,23D,24D,27D,28D,29D,30D. The van der Waals surface area contributed by atoms with Crippen LogP contribution in [-0.4, -0.2) is 0 Å². The van der Waals surface area contributed by atoms with Crippen LogP contribution in [0.15, 0.2) is 186 Å². The van der Waals surface area contributed by atoms with Gasteiger partial charge in [-0.25, -0.2) is 0 Å². The topological polar surface area (TPSA) is 13.1 Å². The van der Waals surface area contributed by atoms with E-state index < -0.39 is 119 Å². The van der Waals surface area contributed by atoms with E-state index in [0.717, 1.165) is 0 Å². The summed E-state index contributed by atoms with van der Waals surface area (Å²) in [6.45, 7) is 0. The van der Waals surface area contributed by atoms with E-state index in [1.54, 1.807) is 78.9 Å². The molecule has 0 saturated carbocycles. The molecule has 8 aromatic carbocycles. The SMILES string of the molecule is [2H]c1c([2H])c([2H])c(-c2c([2H])c([2H])c(-c3oc4c(-c5ccccc5)cccc4c3-c3c4c([2H])c([2H])c([2H])c([2H])c4c(-c4ccccc4)c4c([2H])c([2H])c([2H])c([2H])c34)c([2H])c2[2H])c([2H])c1[2H]. The lowest BCUT2D eigenvalue weighted by Gasteiger charge is -2.18. The molecule has 0 saturated heterocycles. The van der Waals surface area contributed by atoms with E-state index in [0.29, 0.717) is 16.7 Å². The maximum Gasteiger partial charge on any atom is 0.143 e. The summed E-state index contributed by atoms with van der Waals surface area (Å²) in [5.41, 5.74) is -0.125.